The van der Waals surface area contributed by atoms with Gasteiger partial charge in [0.1, 0.15) is 11.2 Å². The fraction of sp³-hybridized carbons (Fsp3) is 0.444. The maximum atomic E-state index is 12.7. The zero-order chi connectivity index (χ0) is 19.0. The fourth-order valence-electron chi connectivity index (χ4n) is 3.67. The van der Waals surface area contributed by atoms with Crippen LogP contribution in [-0.2, 0) is 4.79 Å². The Bertz CT molecular complexity index is 907. The Balaban J connectivity index is 1.42. The van der Waals surface area contributed by atoms with Gasteiger partial charge in [0.15, 0.2) is 0 Å². The van der Waals surface area contributed by atoms with Crippen molar-refractivity contribution in [3.05, 3.63) is 30.0 Å². The summed E-state index contributed by atoms with van der Waals surface area (Å²) in [6, 6.07) is 6.59. The highest BCUT2D eigenvalue weighted by Gasteiger charge is 2.52. The van der Waals surface area contributed by atoms with Crippen LogP contribution in [0.1, 0.15) is 42.6 Å². The Kier molecular flexibility index (Phi) is 4.47. The molecule has 1 heterocycles. The van der Waals surface area contributed by atoms with E-state index in [1.165, 1.54) is 11.5 Å². The quantitative estimate of drug-likeness (QED) is 0.616. The number of hydrogen-bond donors (Lipinski definition) is 4. The molecule has 1 aromatic carbocycles. The van der Waals surface area contributed by atoms with Crippen LogP contribution in [-0.4, -0.2) is 39.8 Å². The molecule has 0 radical (unpaired) electrons. The molecule has 4 rings (SSSR count). The van der Waals surface area contributed by atoms with E-state index in [2.05, 4.69) is 20.3 Å². The summed E-state index contributed by atoms with van der Waals surface area (Å²) in [5.74, 6) is -0.457. The molecule has 5 N–H and O–H groups in total. The van der Waals surface area contributed by atoms with E-state index in [4.69, 9.17) is 5.73 Å². The van der Waals surface area contributed by atoms with E-state index in [1.807, 2.05) is 24.3 Å². The number of carbonyl (C=O) groups is 3. The molecular weight excluding hydrogens is 366 g/mol. The molecule has 8 nitrogen and oxygen atoms in total. The van der Waals surface area contributed by atoms with E-state index in [0.717, 1.165) is 29.3 Å². The van der Waals surface area contributed by atoms with Crippen LogP contribution in [0, 0.1) is 0 Å². The van der Waals surface area contributed by atoms with Gasteiger partial charge in [-0.1, -0.05) is 18.2 Å². The lowest BCUT2D eigenvalue weighted by Crippen LogP contribution is -2.56. The molecule has 2 aliphatic rings. The predicted octanol–water partition coefficient (Wildman–Crippen LogP) is 1.26. The maximum absolute atomic E-state index is 12.7. The minimum atomic E-state index is -0.881. The monoisotopic (exact) mass is 387 g/mol. The summed E-state index contributed by atoms with van der Waals surface area (Å²) in [6.07, 6.45) is 3.63. The highest BCUT2D eigenvalue weighted by Crippen LogP contribution is 2.36. The van der Waals surface area contributed by atoms with E-state index in [1.54, 1.807) is 0 Å². The topological polar surface area (TPSA) is 126 Å². The third kappa shape index (κ3) is 3.46. The number of hydrogen-bond acceptors (Lipinski definition) is 5. The summed E-state index contributed by atoms with van der Waals surface area (Å²) in [7, 11) is 0. The van der Waals surface area contributed by atoms with Gasteiger partial charge in [0, 0.05) is 17.5 Å². The van der Waals surface area contributed by atoms with Gasteiger partial charge in [-0.25, -0.2) is 4.79 Å². The molecule has 2 atom stereocenters. The second-order valence-corrected chi connectivity index (χ2v) is 7.99. The van der Waals surface area contributed by atoms with Crippen LogP contribution in [0.4, 0.5) is 4.79 Å². The first-order chi connectivity index (χ1) is 13.0. The van der Waals surface area contributed by atoms with E-state index >= 15 is 0 Å². The highest BCUT2D eigenvalue weighted by molar-refractivity contribution is 7.13. The first-order valence-corrected chi connectivity index (χ1v) is 9.80. The minimum Gasteiger partial charge on any atom is -0.352 e. The second kappa shape index (κ2) is 6.80. The zero-order valence-electron chi connectivity index (χ0n) is 14.7. The standard InChI is InChI=1S/C18H21N5O3S/c19-17(26)22-18(8-9-18)16(25)21-12-6-3-5-11(12)20-15(24)14-10-4-1-2-7-13(10)27-23-14/h1-2,4,7,11-12H,3,5-6,8-9H2,(H,20,24)(H,21,25)(H3,19,22,26)/t11-,12+/m0/s1. The molecule has 1 aromatic heterocycles. The fourth-order valence-corrected chi connectivity index (χ4v) is 4.44. The van der Waals surface area contributed by atoms with Crippen LogP contribution in [0.3, 0.4) is 0 Å². The lowest BCUT2D eigenvalue weighted by molar-refractivity contribution is -0.124. The average Bonchev–Trinajstić information content (AvgIpc) is 3.09. The van der Waals surface area contributed by atoms with Gasteiger partial charge >= 0.3 is 6.03 Å². The molecule has 0 spiro atoms. The van der Waals surface area contributed by atoms with Crippen LogP contribution in [0.25, 0.3) is 10.1 Å². The molecule has 2 fully saturated rings. The lowest BCUT2D eigenvalue weighted by Gasteiger charge is -2.25. The van der Waals surface area contributed by atoms with Crippen molar-refractivity contribution in [2.24, 2.45) is 5.73 Å². The van der Waals surface area contributed by atoms with E-state index in [0.29, 0.717) is 18.5 Å². The largest absolute Gasteiger partial charge is 0.352 e. The van der Waals surface area contributed by atoms with Crippen LogP contribution in [0.15, 0.2) is 24.3 Å². The Labute approximate surface area is 160 Å². The van der Waals surface area contributed by atoms with Gasteiger partial charge < -0.3 is 21.7 Å². The van der Waals surface area contributed by atoms with Crippen LogP contribution in [0.2, 0.25) is 0 Å². The van der Waals surface area contributed by atoms with Crippen LogP contribution in [0.5, 0.6) is 0 Å². The number of carbonyl (C=O) groups excluding carboxylic acids is 3. The molecular formula is C18H21N5O3S. The molecule has 2 saturated carbocycles. The molecule has 0 aliphatic heterocycles. The van der Waals surface area contributed by atoms with Crippen molar-refractivity contribution in [2.45, 2.75) is 49.7 Å². The van der Waals surface area contributed by atoms with E-state index in [9.17, 15) is 14.4 Å². The van der Waals surface area contributed by atoms with Gasteiger partial charge in [0.05, 0.1) is 4.70 Å². The minimum absolute atomic E-state index is 0.161. The summed E-state index contributed by atoms with van der Waals surface area (Å²) >= 11 is 1.30. The number of nitrogens with one attached hydrogen (secondary N) is 3. The first kappa shape index (κ1) is 17.7. The van der Waals surface area contributed by atoms with E-state index in [-0.39, 0.29) is 23.9 Å². The van der Waals surface area contributed by atoms with Crippen molar-refractivity contribution < 1.29 is 14.4 Å². The lowest BCUT2D eigenvalue weighted by atomic mass is 10.1. The van der Waals surface area contributed by atoms with Crippen molar-refractivity contribution >= 4 is 39.5 Å². The molecule has 0 unspecified atom stereocenters. The van der Waals surface area contributed by atoms with Gasteiger partial charge in [-0.15, -0.1) is 0 Å². The number of benzene rings is 1. The molecule has 0 bridgehead atoms. The zero-order valence-corrected chi connectivity index (χ0v) is 15.5. The first-order valence-electron chi connectivity index (χ1n) is 9.02. The summed E-state index contributed by atoms with van der Waals surface area (Å²) in [4.78, 5) is 36.4. The van der Waals surface area contributed by atoms with Crippen LogP contribution < -0.4 is 21.7 Å². The third-order valence-corrected chi connectivity index (χ3v) is 6.12. The SMILES string of the molecule is NC(=O)NC1(C(=O)N[C@@H]2CCC[C@@H]2NC(=O)c2nsc3ccccc23)CC1. The Morgan fingerprint density at radius 3 is 2.52 bits per heavy atom. The normalized spacial score (nSPS) is 23.0. The summed E-state index contributed by atoms with van der Waals surface area (Å²) in [5, 5.41) is 9.37. The van der Waals surface area contributed by atoms with Gasteiger partial charge in [0.2, 0.25) is 5.91 Å². The summed E-state index contributed by atoms with van der Waals surface area (Å²) < 4.78 is 5.25. The molecule has 27 heavy (non-hydrogen) atoms. The number of fused-ring (bicyclic) bond motifs is 1. The average molecular weight is 387 g/mol. The summed E-state index contributed by atoms with van der Waals surface area (Å²) in [5.41, 5.74) is 4.70. The molecule has 0 saturated heterocycles. The number of rotatable bonds is 5. The Morgan fingerprint density at radius 2 is 1.81 bits per heavy atom. The third-order valence-electron chi connectivity index (χ3n) is 5.29. The Morgan fingerprint density at radius 1 is 1.11 bits per heavy atom. The maximum Gasteiger partial charge on any atom is 0.313 e. The molecule has 2 aliphatic carbocycles. The van der Waals surface area contributed by atoms with Gasteiger partial charge in [0.25, 0.3) is 5.91 Å². The van der Waals surface area contributed by atoms with Crippen LogP contribution >= 0.6 is 11.5 Å². The number of amides is 4. The number of aromatic nitrogens is 1. The molecule has 2 aromatic rings. The number of nitrogens with two attached hydrogens (primary N) is 1. The summed E-state index contributed by atoms with van der Waals surface area (Å²) in [6.45, 7) is 0. The molecule has 9 heteroatoms. The molecule has 142 valence electrons. The van der Waals surface area contributed by atoms with Crippen molar-refractivity contribution in [2.75, 3.05) is 0 Å². The highest BCUT2D eigenvalue weighted by atomic mass is 32.1. The van der Waals surface area contributed by atoms with Gasteiger partial charge in [-0.05, 0) is 49.7 Å². The smallest absolute Gasteiger partial charge is 0.313 e. The van der Waals surface area contributed by atoms with E-state index < -0.39 is 11.6 Å². The van der Waals surface area contributed by atoms with Gasteiger partial charge in [-0.3, -0.25) is 9.59 Å². The van der Waals surface area contributed by atoms with Gasteiger partial charge in [-0.2, -0.15) is 4.37 Å². The molecule has 4 amide bonds. The Hall–Kier alpha value is -2.68. The number of primary amides is 1. The van der Waals surface area contributed by atoms with Crippen molar-refractivity contribution in [1.29, 1.82) is 0 Å². The van der Waals surface area contributed by atoms with Crippen molar-refractivity contribution in [3.63, 3.8) is 0 Å². The second-order valence-electron chi connectivity index (χ2n) is 7.19. The number of urea groups is 1. The predicted molar refractivity (Wildman–Crippen MR) is 101 cm³/mol. The van der Waals surface area contributed by atoms with Crippen molar-refractivity contribution in [1.82, 2.24) is 20.3 Å². The van der Waals surface area contributed by atoms with Crippen molar-refractivity contribution in [3.8, 4) is 0 Å². The number of nitrogens with zero attached hydrogens (tertiary/aromatic N) is 1.